The molecule has 20 heavy (non-hydrogen) atoms. The van der Waals surface area contributed by atoms with E-state index in [1.54, 1.807) is 31.2 Å². The highest BCUT2D eigenvalue weighted by atomic mass is 16.4. The molecule has 1 aromatic rings. The van der Waals surface area contributed by atoms with Crippen molar-refractivity contribution in [3.05, 3.63) is 29.8 Å². The van der Waals surface area contributed by atoms with Crippen LogP contribution in [0, 0.1) is 6.92 Å². The highest BCUT2D eigenvalue weighted by Crippen LogP contribution is 2.08. The van der Waals surface area contributed by atoms with Gasteiger partial charge in [-0.2, -0.15) is 0 Å². The van der Waals surface area contributed by atoms with E-state index >= 15 is 0 Å². The maximum absolute atomic E-state index is 11.6. The predicted octanol–water partition coefficient (Wildman–Crippen LogP) is 1.30. The summed E-state index contributed by atoms with van der Waals surface area (Å²) < 4.78 is 0. The van der Waals surface area contributed by atoms with Crippen LogP contribution < -0.4 is 10.6 Å². The molecule has 6 heteroatoms. The van der Waals surface area contributed by atoms with Crippen LogP contribution in [0.1, 0.15) is 25.3 Å². The maximum atomic E-state index is 11.6. The Balaban J connectivity index is 2.60. The van der Waals surface area contributed by atoms with E-state index in [0.29, 0.717) is 12.1 Å². The quantitative estimate of drug-likeness (QED) is 0.707. The van der Waals surface area contributed by atoms with Gasteiger partial charge < -0.3 is 15.7 Å². The molecule has 6 nitrogen and oxygen atoms in total. The summed E-state index contributed by atoms with van der Waals surface area (Å²) in [6.07, 6.45) is 0.871. The Morgan fingerprint density at radius 2 is 1.75 bits per heavy atom. The third-order valence-corrected chi connectivity index (χ3v) is 2.70. The van der Waals surface area contributed by atoms with Crippen molar-refractivity contribution in [1.29, 1.82) is 0 Å². The van der Waals surface area contributed by atoms with Crippen molar-refractivity contribution in [3.63, 3.8) is 0 Å². The normalized spacial score (nSPS) is 11.5. The van der Waals surface area contributed by atoms with E-state index in [-0.39, 0.29) is 6.42 Å². The lowest BCUT2D eigenvalue weighted by Crippen LogP contribution is -2.45. The number of benzene rings is 1. The van der Waals surface area contributed by atoms with Crippen LogP contribution in [0.25, 0.3) is 0 Å². The minimum Gasteiger partial charge on any atom is -0.480 e. The van der Waals surface area contributed by atoms with Crippen LogP contribution in [0.15, 0.2) is 24.3 Å². The number of carboxylic acid groups (broad SMARTS) is 1. The fourth-order valence-corrected chi connectivity index (χ4v) is 1.59. The van der Waals surface area contributed by atoms with Crippen molar-refractivity contribution < 1.29 is 19.5 Å². The molecule has 0 aliphatic heterocycles. The van der Waals surface area contributed by atoms with Gasteiger partial charge in [-0.05, 0) is 25.5 Å². The van der Waals surface area contributed by atoms with Crippen molar-refractivity contribution in [1.82, 2.24) is 5.32 Å². The van der Waals surface area contributed by atoms with Crippen LogP contribution in [-0.2, 0) is 14.4 Å². The fraction of sp³-hybridized carbons (Fsp3) is 0.357. The zero-order valence-electron chi connectivity index (χ0n) is 11.5. The molecule has 0 spiro atoms. The molecule has 0 bridgehead atoms. The minimum atomic E-state index is -1.15. The van der Waals surface area contributed by atoms with Gasteiger partial charge in [0.15, 0.2) is 0 Å². The van der Waals surface area contributed by atoms with Gasteiger partial charge in [-0.3, -0.25) is 9.59 Å². The predicted molar refractivity (Wildman–Crippen MR) is 74.3 cm³/mol. The molecule has 0 aliphatic carbocycles. The number of aryl methyl sites for hydroxylation is 1. The zero-order valence-corrected chi connectivity index (χ0v) is 11.5. The lowest BCUT2D eigenvalue weighted by atomic mass is 10.1. The first-order valence-corrected chi connectivity index (χ1v) is 6.35. The van der Waals surface area contributed by atoms with Crippen molar-refractivity contribution >= 4 is 23.5 Å². The highest BCUT2D eigenvalue weighted by molar-refractivity contribution is 6.40. The van der Waals surface area contributed by atoms with Crippen LogP contribution in [0.4, 0.5) is 5.69 Å². The van der Waals surface area contributed by atoms with Crippen LogP contribution in [0.3, 0.4) is 0 Å². The van der Waals surface area contributed by atoms with Gasteiger partial charge >= 0.3 is 17.8 Å². The van der Waals surface area contributed by atoms with Gasteiger partial charge in [0.1, 0.15) is 6.04 Å². The average molecular weight is 278 g/mol. The molecule has 0 heterocycles. The van der Waals surface area contributed by atoms with Crippen molar-refractivity contribution in [2.75, 3.05) is 5.32 Å². The molecule has 0 fully saturated rings. The molecule has 0 aromatic heterocycles. The number of amides is 2. The molecule has 1 unspecified atom stereocenters. The summed E-state index contributed by atoms with van der Waals surface area (Å²) in [5, 5.41) is 13.5. The standard InChI is InChI=1S/C14H18N2O4/c1-3-4-11(14(19)20)16-13(18)12(17)15-10-7-5-9(2)6-8-10/h5-8,11H,3-4H2,1-2H3,(H,15,17)(H,16,18)(H,19,20). The molecule has 1 atom stereocenters. The van der Waals surface area contributed by atoms with Gasteiger partial charge in [0.2, 0.25) is 0 Å². The van der Waals surface area contributed by atoms with Gasteiger partial charge in [0.25, 0.3) is 0 Å². The first-order valence-electron chi connectivity index (χ1n) is 6.35. The van der Waals surface area contributed by atoms with Crippen LogP contribution in [0.2, 0.25) is 0 Å². The summed E-state index contributed by atoms with van der Waals surface area (Å²) in [6.45, 7) is 3.70. The zero-order chi connectivity index (χ0) is 15.1. The third kappa shape index (κ3) is 4.72. The first-order chi connectivity index (χ1) is 9.43. The molecule has 1 aromatic carbocycles. The number of hydrogen-bond donors (Lipinski definition) is 3. The molecule has 108 valence electrons. The van der Waals surface area contributed by atoms with Gasteiger partial charge in [0, 0.05) is 5.69 Å². The number of hydrogen-bond acceptors (Lipinski definition) is 3. The highest BCUT2D eigenvalue weighted by Gasteiger charge is 2.22. The maximum Gasteiger partial charge on any atom is 0.326 e. The molecule has 3 N–H and O–H groups in total. The molecule has 0 saturated carbocycles. The molecule has 2 amide bonds. The van der Waals surface area contributed by atoms with E-state index in [1.165, 1.54) is 0 Å². The number of carboxylic acids is 1. The van der Waals surface area contributed by atoms with E-state index in [1.807, 2.05) is 6.92 Å². The molecule has 1 rings (SSSR count). The summed E-state index contributed by atoms with van der Waals surface area (Å²) in [5.41, 5.74) is 1.51. The second kappa shape index (κ2) is 7.28. The Hall–Kier alpha value is -2.37. The second-order valence-electron chi connectivity index (χ2n) is 4.47. The first kappa shape index (κ1) is 15.7. The van der Waals surface area contributed by atoms with E-state index in [9.17, 15) is 14.4 Å². The Bertz CT molecular complexity index is 496. The number of nitrogens with one attached hydrogen (secondary N) is 2. The Kier molecular flexibility index (Phi) is 5.71. The summed E-state index contributed by atoms with van der Waals surface area (Å²) in [4.78, 5) is 34.2. The summed E-state index contributed by atoms with van der Waals surface area (Å²) in [7, 11) is 0. The number of aliphatic carboxylic acids is 1. The van der Waals surface area contributed by atoms with Crippen LogP contribution >= 0.6 is 0 Å². The summed E-state index contributed by atoms with van der Waals surface area (Å²) in [6, 6.07) is 5.88. The van der Waals surface area contributed by atoms with Gasteiger partial charge in [-0.25, -0.2) is 4.79 Å². The Morgan fingerprint density at radius 3 is 2.25 bits per heavy atom. The van der Waals surface area contributed by atoms with Crippen molar-refractivity contribution in [2.24, 2.45) is 0 Å². The molecular weight excluding hydrogens is 260 g/mol. The summed E-state index contributed by atoms with van der Waals surface area (Å²) in [5.74, 6) is -2.98. The monoisotopic (exact) mass is 278 g/mol. The molecular formula is C14H18N2O4. The van der Waals surface area contributed by atoms with E-state index < -0.39 is 23.8 Å². The number of anilines is 1. The number of rotatable bonds is 5. The molecule has 0 radical (unpaired) electrons. The van der Waals surface area contributed by atoms with Gasteiger partial charge in [-0.1, -0.05) is 31.0 Å². The summed E-state index contributed by atoms with van der Waals surface area (Å²) >= 11 is 0. The van der Waals surface area contributed by atoms with E-state index in [2.05, 4.69) is 10.6 Å². The largest absolute Gasteiger partial charge is 0.480 e. The van der Waals surface area contributed by atoms with E-state index in [4.69, 9.17) is 5.11 Å². The minimum absolute atomic E-state index is 0.277. The van der Waals surface area contributed by atoms with Crippen molar-refractivity contribution in [3.8, 4) is 0 Å². The number of carbonyl (C=O) groups excluding carboxylic acids is 2. The van der Waals surface area contributed by atoms with Gasteiger partial charge in [0.05, 0.1) is 0 Å². The lowest BCUT2D eigenvalue weighted by molar-refractivity contribution is -0.143. The third-order valence-electron chi connectivity index (χ3n) is 2.70. The molecule has 0 saturated heterocycles. The SMILES string of the molecule is CCCC(NC(=O)C(=O)Nc1ccc(C)cc1)C(=O)O. The molecule has 0 aliphatic rings. The van der Waals surface area contributed by atoms with Gasteiger partial charge in [-0.15, -0.1) is 0 Å². The second-order valence-corrected chi connectivity index (χ2v) is 4.47. The number of carbonyl (C=O) groups is 3. The van der Waals surface area contributed by atoms with Crippen LogP contribution in [0.5, 0.6) is 0 Å². The van der Waals surface area contributed by atoms with Crippen molar-refractivity contribution in [2.45, 2.75) is 32.7 Å². The Labute approximate surface area is 117 Å². The smallest absolute Gasteiger partial charge is 0.326 e. The average Bonchev–Trinajstić information content (AvgIpc) is 2.40. The Morgan fingerprint density at radius 1 is 1.15 bits per heavy atom. The fourth-order valence-electron chi connectivity index (χ4n) is 1.59. The van der Waals surface area contributed by atoms with E-state index in [0.717, 1.165) is 5.56 Å². The van der Waals surface area contributed by atoms with Crippen LogP contribution in [-0.4, -0.2) is 28.9 Å². The lowest BCUT2D eigenvalue weighted by Gasteiger charge is -2.13. The topological polar surface area (TPSA) is 95.5 Å².